The summed E-state index contributed by atoms with van der Waals surface area (Å²) in [4.78, 5) is 10.8. The van der Waals surface area contributed by atoms with Crippen LogP contribution in [-0.2, 0) is 11.2 Å². The summed E-state index contributed by atoms with van der Waals surface area (Å²) >= 11 is 1.71. The van der Waals surface area contributed by atoms with Crippen LogP contribution in [0.1, 0.15) is 19.4 Å². The molecule has 1 amide bonds. The summed E-state index contributed by atoms with van der Waals surface area (Å²) in [5.41, 5.74) is 6.52. The highest BCUT2D eigenvalue weighted by Gasteiger charge is 2.10. The van der Waals surface area contributed by atoms with E-state index < -0.39 is 0 Å². The minimum Gasteiger partial charge on any atom is -0.369 e. The minimum absolute atomic E-state index is 0.102. The molecule has 3 nitrogen and oxygen atoms in total. The largest absolute Gasteiger partial charge is 0.369 e. The highest BCUT2D eigenvalue weighted by molar-refractivity contribution is 7.07. The molecular formula is C11H18N2OS. The molecule has 0 aliphatic rings. The zero-order chi connectivity index (χ0) is 11.3. The van der Waals surface area contributed by atoms with Crippen molar-refractivity contribution in [3.8, 4) is 0 Å². The van der Waals surface area contributed by atoms with Gasteiger partial charge in [-0.25, -0.2) is 0 Å². The van der Waals surface area contributed by atoms with E-state index in [1.807, 2.05) is 6.92 Å². The van der Waals surface area contributed by atoms with Crippen molar-refractivity contribution in [3.05, 3.63) is 22.4 Å². The second kappa shape index (κ2) is 5.88. The van der Waals surface area contributed by atoms with Gasteiger partial charge in [0.25, 0.3) is 0 Å². The first-order valence-corrected chi connectivity index (χ1v) is 6.07. The summed E-state index contributed by atoms with van der Waals surface area (Å²) in [5.74, 6) is -0.347. The maximum atomic E-state index is 10.8. The van der Waals surface area contributed by atoms with Gasteiger partial charge in [0.15, 0.2) is 0 Å². The summed E-state index contributed by atoms with van der Waals surface area (Å²) in [6, 6.07) is 2.50. The van der Waals surface area contributed by atoms with Gasteiger partial charge in [0, 0.05) is 18.5 Å². The number of primary amides is 1. The molecule has 0 fully saturated rings. The van der Waals surface area contributed by atoms with Gasteiger partial charge in [0.2, 0.25) is 5.91 Å². The topological polar surface area (TPSA) is 55.1 Å². The average Bonchev–Trinajstić information content (AvgIpc) is 2.66. The fourth-order valence-corrected chi connectivity index (χ4v) is 1.99. The van der Waals surface area contributed by atoms with Crippen LogP contribution in [-0.4, -0.2) is 18.5 Å². The monoisotopic (exact) mass is 226 g/mol. The van der Waals surface area contributed by atoms with Gasteiger partial charge in [0.05, 0.1) is 0 Å². The van der Waals surface area contributed by atoms with E-state index in [1.54, 1.807) is 11.3 Å². The zero-order valence-electron chi connectivity index (χ0n) is 9.19. The molecule has 1 aromatic heterocycles. The van der Waals surface area contributed by atoms with E-state index >= 15 is 0 Å². The molecule has 15 heavy (non-hydrogen) atoms. The molecule has 1 rings (SSSR count). The van der Waals surface area contributed by atoms with Crippen LogP contribution in [0.25, 0.3) is 0 Å². The molecule has 0 radical (unpaired) electrons. The van der Waals surface area contributed by atoms with Crippen molar-refractivity contribution in [2.24, 2.45) is 11.7 Å². The van der Waals surface area contributed by atoms with Crippen LogP contribution in [0.4, 0.5) is 0 Å². The number of rotatable bonds is 6. The summed E-state index contributed by atoms with van der Waals surface area (Å²) in [6.07, 6.45) is 0.995. The van der Waals surface area contributed by atoms with Crippen LogP contribution in [0.2, 0.25) is 0 Å². The first kappa shape index (κ1) is 12.2. The summed E-state index contributed by atoms with van der Waals surface area (Å²) in [6.45, 7) is 4.61. The molecule has 0 saturated carbocycles. The van der Waals surface area contributed by atoms with Crippen molar-refractivity contribution >= 4 is 17.2 Å². The molecule has 1 heterocycles. The number of carbonyl (C=O) groups is 1. The Bertz CT molecular complexity index is 298. The molecule has 0 bridgehead atoms. The Morgan fingerprint density at radius 3 is 2.87 bits per heavy atom. The van der Waals surface area contributed by atoms with Gasteiger partial charge in [0.1, 0.15) is 0 Å². The molecule has 0 spiro atoms. The Hall–Kier alpha value is -0.870. The summed E-state index contributed by atoms with van der Waals surface area (Å²) < 4.78 is 0. The fraction of sp³-hybridized carbons (Fsp3) is 0.545. The second-order valence-electron chi connectivity index (χ2n) is 3.95. The van der Waals surface area contributed by atoms with Gasteiger partial charge >= 0.3 is 0 Å². The molecule has 0 saturated heterocycles. The predicted octanol–water partition coefficient (Wildman–Crippen LogP) is 1.39. The number of hydrogen-bond donors (Lipinski definition) is 2. The second-order valence-corrected chi connectivity index (χ2v) is 4.73. The third-order valence-corrected chi connectivity index (χ3v) is 3.11. The van der Waals surface area contributed by atoms with Crippen molar-refractivity contribution in [2.45, 2.75) is 26.3 Å². The standard InChI is InChI=1S/C11H18N2OS/c1-8(11(12)14)6-13-9(2)5-10-3-4-15-7-10/h3-4,7-9,13H,5-6H2,1-2H3,(H2,12,14). The first-order valence-electron chi connectivity index (χ1n) is 5.13. The lowest BCUT2D eigenvalue weighted by Crippen LogP contribution is -2.36. The van der Waals surface area contributed by atoms with Crippen LogP contribution < -0.4 is 11.1 Å². The Labute approximate surface area is 94.7 Å². The molecule has 4 heteroatoms. The van der Waals surface area contributed by atoms with Crippen LogP contribution >= 0.6 is 11.3 Å². The molecular weight excluding hydrogens is 208 g/mol. The lowest BCUT2D eigenvalue weighted by Gasteiger charge is -2.15. The van der Waals surface area contributed by atoms with E-state index in [9.17, 15) is 4.79 Å². The number of hydrogen-bond acceptors (Lipinski definition) is 3. The maximum absolute atomic E-state index is 10.8. The SMILES string of the molecule is CC(Cc1ccsc1)NCC(C)C(N)=O. The van der Waals surface area contributed by atoms with Gasteiger partial charge < -0.3 is 11.1 Å². The number of nitrogens with two attached hydrogens (primary N) is 1. The van der Waals surface area contributed by atoms with Crippen LogP contribution in [0.3, 0.4) is 0 Å². The number of thiophene rings is 1. The van der Waals surface area contributed by atoms with Crippen molar-refractivity contribution < 1.29 is 4.79 Å². The highest BCUT2D eigenvalue weighted by Crippen LogP contribution is 2.08. The van der Waals surface area contributed by atoms with Crippen molar-refractivity contribution in [1.29, 1.82) is 0 Å². The zero-order valence-corrected chi connectivity index (χ0v) is 10.0. The van der Waals surface area contributed by atoms with E-state index in [1.165, 1.54) is 5.56 Å². The Morgan fingerprint density at radius 1 is 1.60 bits per heavy atom. The third kappa shape index (κ3) is 4.44. The number of nitrogens with one attached hydrogen (secondary N) is 1. The van der Waals surface area contributed by atoms with Crippen LogP contribution in [0.5, 0.6) is 0 Å². The maximum Gasteiger partial charge on any atom is 0.221 e. The van der Waals surface area contributed by atoms with Gasteiger partial charge in [-0.15, -0.1) is 0 Å². The fourth-order valence-electron chi connectivity index (χ4n) is 1.31. The van der Waals surface area contributed by atoms with Crippen LogP contribution in [0.15, 0.2) is 16.8 Å². The molecule has 0 aliphatic heterocycles. The number of carbonyl (C=O) groups excluding carboxylic acids is 1. The molecule has 3 N–H and O–H groups in total. The Kier molecular flexibility index (Phi) is 4.78. The Balaban J connectivity index is 2.25. The highest BCUT2D eigenvalue weighted by atomic mass is 32.1. The smallest absolute Gasteiger partial charge is 0.221 e. The molecule has 0 aliphatic carbocycles. The molecule has 2 atom stereocenters. The average molecular weight is 226 g/mol. The van der Waals surface area contributed by atoms with Crippen molar-refractivity contribution in [2.75, 3.05) is 6.54 Å². The lowest BCUT2D eigenvalue weighted by atomic mass is 10.1. The quantitative estimate of drug-likeness (QED) is 0.770. The van der Waals surface area contributed by atoms with E-state index in [0.717, 1.165) is 6.42 Å². The van der Waals surface area contributed by atoms with E-state index in [0.29, 0.717) is 12.6 Å². The Morgan fingerprint density at radius 2 is 2.33 bits per heavy atom. The third-order valence-electron chi connectivity index (χ3n) is 2.38. The molecule has 84 valence electrons. The lowest BCUT2D eigenvalue weighted by molar-refractivity contribution is -0.121. The predicted molar refractivity (Wildman–Crippen MR) is 63.8 cm³/mol. The van der Waals surface area contributed by atoms with E-state index in [-0.39, 0.29) is 11.8 Å². The number of amides is 1. The van der Waals surface area contributed by atoms with Crippen LogP contribution in [0, 0.1) is 5.92 Å². The van der Waals surface area contributed by atoms with Gasteiger partial charge in [-0.05, 0) is 35.7 Å². The molecule has 2 unspecified atom stereocenters. The molecule has 1 aromatic rings. The molecule has 0 aromatic carbocycles. The van der Waals surface area contributed by atoms with Crippen molar-refractivity contribution in [1.82, 2.24) is 5.32 Å². The van der Waals surface area contributed by atoms with Gasteiger partial charge in [-0.3, -0.25) is 4.79 Å². The van der Waals surface area contributed by atoms with E-state index in [2.05, 4.69) is 29.1 Å². The minimum atomic E-state index is -0.245. The van der Waals surface area contributed by atoms with Gasteiger partial charge in [-0.1, -0.05) is 6.92 Å². The van der Waals surface area contributed by atoms with Gasteiger partial charge in [-0.2, -0.15) is 11.3 Å². The summed E-state index contributed by atoms with van der Waals surface area (Å²) in [7, 11) is 0. The first-order chi connectivity index (χ1) is 7.09. The van der Waals surface area contributed by atoms with E-state index in [4.69, 9.17) is 5.73 Å². The normalized spacial score (nSPS) is 14.8. The summed E-state index contributed by atoms with van der Waals surface area (Å²) in [5, 5.41) is 7.53. The van der Waals surface area contributed by atoms with Crippen molar-refractivity contribution in [3.63, 3.8) is 0 Å².